The number of nitro benzene ring substituents is 1. The maximum atomic E-state index is 11.1. The first-order chi connectivity index (χ1) is 8.38. The Bertz CT molecular complexity index is 432. The van der Waals surface area contributed by atoms with E-state index in [1.807, 2.05) is 25.8 Å². The number of nitro groups is 1. The summed E-state index contributed by atoms with van der Waals surface area (Å²) in [7, 11) is 1.85. The van der Waals surface area contributed by atoms with Gasteiger partial charge < -0.3 is 10.0 Å². The summed E-state index contributed by atoms with van der Waals surface area (Å²) in [6.45, 7) is 5.65. The van der Waals surface area contributed by atoms with Gasteiger partial charge in [0.15, 0.2) is 0 Å². The second kappa shape index (κ2) is 5.82. The highest BCUT2D eigenvalue weighted by molar-refractivity contribution is 5.64. The van der Waals surface area contributed by atoms with Crippen LogP contribution in [0.25, 0.3) is 0 Å². The molecule has 1 aromatic carbocycles. The average molecular weight is 252 g/mol. The van der Waals surface area contributed by atoms with Crippen molar-refractivity contribution in [3.63, 3.8) is 0 Å². The summed E-state index contributed by atoms with van der Waals surface area (Å²) in [5.74, 6) is 0. The quantitative estimate of drug-likeness (QED) is 0.646. The predicted octanol–water partition coefficient (Wildman–Crippen LogP) is 2.88. The number of anilines is 1. The molecule has 0 amide bonds. The molecule has 2 atom stereocenters. The first kappa shape index (κ1) is 14.4. The molecular weight excluding hydrogens is 232 g/mol. The Morgan fingerprint density at radius 3 is 2.50 bits per heavy atom. The van der Waals surface area contributed by atoms with Gasteiger partial charge >= 0.3 is 0 Å². The monoisotopic (exact) mass is 252 g/mol. The number of hydrogen-bond donors (Lipinski definition) is 1. The van der Waals surface area contributed by atoms with E-state index in [0.29, 0.717) is 11.3 Å². The van der Waals surface area contributed by atoms with Crippen LogP contribution in [-0.2, 0) is 0 Å². The van der Waals surface area contributed by atoms with Crippen LogP contribution in [0.15, 0.2) is 18.2 Å². The Morgan fingerprint density at radius 2 is 2.06 bits per heavy atom. The Labute approximate surface area is 107 Å². The smallest absolute Gasteiger partial charge is 0.292 e. The van der Waals surface area contributed by atoms with E-state index in [-0.39, 0.29) is 11.7 Å². The summed E-state index contributed by atoms with van der Waals surface area (Å²) in [6, 6.07) is 5.10. The zero-order valence-corrected chi connectivity index (χ0v) is 11.3. The average Bonchev–Trinajstić information content (AvgIpc) is 2.35. The van der Waals surface area contributed by atoms with Crippen LogP contribution >= 0.6 is 0 Å². The Kier molecular flexibility index (Phi) is 4.67. The maximum absolute atomic E-state index is 11.1. The van der Waals surface area contributed by atoms with Crippen LogP contribution in [-0.4, -0.2) is 23.1 Å². The van der Waals surface area contributed by atoms with Crippen molar-refractivity contribution in [1.82, 2.24) is 0 Å². The summed E-state index contributed by atoms with van der Waals surface area (Å²) < 4.78 is 0. The largest absolute Gasteiger partial charge is 0.389 e. The van der Waals surface area contributed by atoms with Gasteiger partial charge in [0.25, 0.3) is 5.69 Å². The van der Waals surface area contributed by atoms with E-state index in [2.05, 4.69) is 0 Å². The molecule has 0 radical (unpaired) electrons. The van der Waals surface area contributed by atoms with Crippen molar-refractivity contribution >= 4 is 11.4 Å². The zero-order valence-electron chi connectivity index (χ0n) is 11.3. The van der Waals surface area contributed by atoms with Gasteiger partial charge in [-0.2, -0.15) is 0 Å². The lowest BCUT2D eigenvalue weighted by molar-refractivity contribution is -0.384. The van der Waals surface area contributed by atoms with E-state index in [1.165, 1.54) is 6.07 Å². The minimum Gasteiger partial charge on any atom is -0.389 e. The SMILES string of the molecule is CCC(C)N(C)c1ccc([C@@H](C)O)cc1[N+](=O)[O-]. The second-order valence-corrected chi connectivity index (χ2v) is 4.55. The van der Waals surface area contributed by atoms with Crippen molar-refractivity contribution in [3.05, 3.63) is 33.9 Å². The van der Waals surface area contributed by atoms with Crippen molar-refractivity contribution in [2.45, 2.75) is 39.3 Å². The van der Waals surface area contributed by atoms with Gasteiger partial charge in [-0.3, -0.25) is 10.1 Å². The summed E-state index contributed by atoms with van der Waals surface area (Å²) in [5, 5.41) is 20.6. The highest BCUT2D eigenvalue weighted by atomic mass is 16.6. The van der Waals surface area contributed by atoms with E-state index in [1.54, 1.807) is 19.1 Å². The van der Waals surface area contributed by atoms with Gasteiger partial charge in [0.1, 0.15) is 5.69 Å². The fraction of sp³-hybridized carbons (Fsp3) is 0.538. The van der Waals surface area contributed by atoms with Crippen molar-refractivity contribution in [1.29, 1.82) is 0 Å². The number of nitrogens with zero attached hydrogens (tertiary/aromatic N) is 2. The lowest BCUT2D eigenvalue weighted by Gasteiger charge is -2.26. The van der Waals surface area contributed by atoms with Gasteiger partial charge in [-0.05, 0) is 31.9 Å². The molecule has 0 aliphatic heterocycles. The lowest BCUT2D eigenvalue weighted by Crippen LogP contribution is -2.28. The summed E-state index contributed by atoms with van der Waals surface area (Å²) in [4.78, 5) is 12.6. The molecule has 0 spiro atoms. The molecule has 0 fully saturated rings. The Hall–Kier alpha value is -1.62. The van der Waals surface area contributed by atoms with E-state index >= 15 is 0 Å². The van der Waals surface area contributed by atoms with Crippen molar-refractivity contribution in [2.24, 2.45) is 0 Å². The van der Waals surface area contributed by atoms with Crippen LogP contribution in [0.5, 0.6) is 0 Å². The highest BCUT2D eigenvalue weighted by Gasteiger charge is 2.21. The normalized spacial score (nSPS) is 14.1. The molecule has 0 aromatic heterocycles. The van der Waals surface area contributed by atoms with Crippen LogP contribution in [0.4, 0.5) is 11.4 Å². The summed E-state index contributed by atoms with van der Waals surface area (Å²) in [6.07, 6.45) is 0.206. The third-order valence-electron chi connectivity index (χ3n) is 3.31. The fourth-order valence-corrected chi connectivity index (χ4v) is 1.76. The molecule has 0 saturated carbocycles. The van der Waals surface area contributed by atoms with Crippen LogP contribution in [0.1, 0.15) is 38.9 Å². The Morgan fingerprint density at radius 1 is 1.44 bits per heavy atom. The third kappa shape index (κ3) is 2.98. The molecule has 0 heterocycles. The maximum Gasteiger partial charge on any atom is 0.292 e. The number of hydrogen-bond acceptors (Lipinski definition) is 4. The van der Waals surface area contributed by atoms with Gasteiger partial charge in [-0.1, -0.05) is 13.0 Å². The number of aliphatic hydroxyl groups is 1. The molecule has 1 rings (SSSR count). The van der Waals surface area contributed by atoms with Crippen LogP contribution < -0.4 is 4.90 Å². The number of benzene rings is 1. The van der Waals surface area contributed by atoms with Crippen molar-refractivity contribution in [2.75, 3.05) is 11.9 Å². The summed E-state index contributed by atoms with van der Waals surface area (Å²) >= 11 is 0. The second-order valence-electron chi connectivity index (χ2n) is 4.55. The highest BCUT2D eigenvalue weighted by Crippen LogP contribution is 2.31. The van der Waals surface area contributed by atoms with Gasteiger partial charge in [0.05, 0.1) is 11.0 Å². The Balaban J connectivity index is 3.23. The van der Waals surface area contributed by atoms with Crippen LogP contribution in [0.2, 0.25) is 0 Å². The molecule has 5 heteroatoms. The lowest BCUT2D eigenvalue weighted by atomic mass is 10.1. The van der Waals surface area contributed by atoms with Crippen LogP contribution in [0.3, 0.4) is 0 Å². The molecule has 0 aliphatic carbocycles. The molecule has 18 heavy (non-hydrogen) atoms. The fourth-order valence-electron chi connectivity index (χ4n) is 1.76. The summed E-state index contributed by atoms with van der Waals surface area (Å²) in [5.41, 5.74) is 1.18. The molecule has 100 valence electrons. The van der Waals surface area contributed by atoms with Crippen LogP contribution in [0, 0.1) is 10.1 Å². The van der Waals surface area contributed by atoms with Gasteiger partial charge in [0.2, 0.25) is 0 Å². The van der Waals surface area contributed by atoms with E-state index < -0.39 is 11.0 Å². The topological polar surface area (TPSA) is 66.6 Å². The van der Waals surface area contributed by atoms with Gasteiger partial charge in [0, 0.05) is 19.2 Å². The first-order valence-corrected chi connectivity index (χ1v) is 6.07. The third-order valence-corrected chi connectivity index (χ3v) is 3.31. The predicted molar refractivity (Wildman–Crippen MR) is 71.9 cm³/mol. The van der Waals surface area contributed by atoms with Gasteiger partial charge in [-0.15, -0.1) is 0 Å². The molecular formula is C13H20N2O3. The molecule has 1 aromatic rings. The standard InChI is InChI=1S/C13H20N2O3/c1-5-9(2)14(4)12-7-6-11(10(3)16)8-13(12)15(17)18/h6-10,16H,5H2,1-4H3/t9?,10-/m1/s1. The van der Waals surface area contributed by atoms with Crippen molar-refractivity contribution in [3.8, 4) is 0 Å². The van der Waals surface area contributed by atoms with E-state index in [4.69, 9.17) is 0 Å². The first-order valence-electron chi connectivity index (χ1n) is 6.07. The molecule has 0 bridgehead atoms. The molecule has 1 N–H and O–H groups in total. The molecule has 1 unspecified atom stereocenters. The van der Waals surface area contributed by atoms with E-state index in [0.717, 1.165) is 6.42 Å². The van der Waals surface area contributed by atoms with E-state index in [9.17, 15) is 15.2 Å². The number of rotatable bonds is 5. The zero-order chi connectivity index (χ0) is 13.9. The molecule has 0 aliphatic rings. The number of aliphatic hydroxyl groups excluding tert-OH is 1. The minimum atomic E-state index is -0.702. The van der Waals surface area contributed by atoms with Gasteiger partial charge in [-0.25, -0.2) is 0 Å². The molecule has 0 saturated heterocycles. The molecule has 5 nitrogen and oxygen atoms in total. The van der Waals surface area contributed by atoms with Crippen molar-refractivity contribution < 1.29 is 10.0 Å². The minimum absolute atomic E-state index is 0.0381.